The van der Waals surface area contributed by atoms with Crippen molar-refractivity contribution in [3.05, 3.63) is 78.4 Å². The summed E-state index contributed by atoms with van der Waals surface area (Å²) in [6.07, 6.45) is 9.46. The fraction of sp³-hybridized carbons (Fsp3) is 0.559. The number of aryl methyl sites for hydroxylation is 1. The van der Waals surface area contributed by atoms with Crippen LogP contribution in [0.4, 0.5) is 8.78 Å². The Morgan fingerprint density at radius 3 is 2.07 bits per heavy atom. The minimum atomic E-state index is -4.22. The van der Waals surface area contributed by atoms with Crippen molar-refractivity contribution in [1.29, 1.82) is 0 Å². The molecule has 2 aliphatic carbocycles. The van der Waals surface area contributed by atoms with Crippen LogP contribution in [-0.2, 0) is 16.4 Å². The Bertz CT molecular complexity index is 1200. The molecule has 8 heteroatoms. The van der Waals surface area contributed by atoms with Crippen LogP contribution in [0.25, 0.3) is 0 Å². The highest BCUT2D eigenvalue weighted by molar-refractivity contribution is 7.89. The first kappa shape index (κ1) is 35.6. The first-order valence-corrected chi connectivity index (χ1v) is 17.0. The molecule has 5 nitrogen and oxygen atoms in total. The molecule has 0 amide bonds. The molecule has 5 rings (SSSR count). The molecule has 0 radical (unpaired) electrons. The van der Waals surface area contributed by atoms with Crippen molar-refractivity contribution in [3.8, 4) is 0 Å². The van der Waals surface area contributed by atoms with Gasteiger partial charge in [-0.25, -0.2) is 21.9 Å². The Hall–Kier alpha value is -2.58. The average Bonchev–Trinajstić information content (AvgIpc) is 3.41. The summed E-state index contributed by atoms with van der Waals surface area (Å²) in [5.41, 5.74) is 2.94. The monoisotopic (exact) mass is 603 g/mol. The minimum absolute atomic E-state index is 0.164. The van der Waals surface area contributed by atoms with Gasteiger partial charge in [-0.1, -0.05) is 70.9 Å². The van der Waals surface area contributed by atoms with Gasteiger partial charge in [0.1, 0.15) is 11.6 Å². The van der Waals surface area contributed by atoms with Crippen molar-refractivity contribution in [3.63, 3.8) is 0 Å². The molecule has 3 aliphatic rings. The first-order chi connectivity index (χ1) is 20.2. The zero-order valence-electron chi connectivity index (χ0n) is 26.0. The van der Waals surface area contributed by atoms with E-state index in [4.69, 9.17) is 4.99 Å². The van der Waals surface area contributed by atoms with E-state index >= 15 is 0 Å². The maximum atomic E-state index is 13.9. The van der Waals surface area contributed by atoms with Gasteiger partial charge >= 0.3 is 0 Å². The summed E-state index contributed by atoms with van der Waals surface area (Å²) in [6.45, 7) is 15.5. The number of amidine groups is 1. The lowest BCUT2D eigenvalue weighted by Crippen LogP contribution is -2.33. The van der Waals surface area contributed by atoms with E-state index in [1.54, 1.807) is 0 Å². The lowest BCUT2D eigenvalue weighted by atomic mass is 9.80. The molecule has 2 aromatic carbocycles. The highest BCUT2D eigenvalue weighted by Crippen LogP contribution is 2.38. The third-order valence-corrected chi connectivity index (χ3v) is 9.16. The Balaban J connectivity index is 0.000000699. The normalized spacial score (nSPS) is 23.4. The Labute approximate surface area is 253 Å². The van der Waals surface area contributed by atoms with Crippen molar-refractivity contribution in [2.75, 3.05) is 13.1 Å². The Morgan fingerprint density at radius 2 is 1.45 bits per heavy atom. The minimum Gasteiger partial charge on any atom is -0.370 e. The highest BCUT2D eigenvalue weighted by Gasteiger charge is 2.36. The van der Waals surface area contributed by atoms with Gasteiger partial charge < -0.3 is 5.32 Å². The van der Waals surface area contributed by atoms with Crippen molar-refractivity contribution in [1.82, 2.24) is 10.0 Å². The summed E-state index contributed by atoms with van der Waals surface area (Å²) in [7, 11) is -4.22. The number of benzene rings is 2. The number of nitrogens with one attached hydrogen (secondary N) is 2. The summed E-state index contributed by atoms with van der Waals surface area (Å²) < 4.78 is 54.9. The number of aliphatic imine (C=N–C) groups is 1. The SMILES string of the molecule is C=C.CCC.CCC.O=S(=O)(NCC1CCC(CN=C2CC3c4ccccc4CCC3N2)CC1)c1c(F)cccc1F. The van der Waals surface area contributed by atoms with Crippen LogP contribution in [0.15, 0.2) is 65.5 Å². The van der Waals surface area contributed by atoms with Crippen LogP contribution in [0, 0.1) is 23.5 Å². The van der Waals surface area contributed by atoms with Crippen LogP contribution in [0.5, 0.6) is 0 Å². The fourth-order valence-corrected chi connectivity index (χ4v) is 7.01. The molecule has 0 aromatic heterocycles. The quantitative estimate of drug-likeness (QED) is 0.327. The second-order valence-corrected chi connectivity index (χ2v) is 13.0. The number of sulfonamides is 1. The zero-order valence-corrected chi connectivity index (χ0v) is 26.8. The average molecular weight is 604 g/mol. The number of hydrogen-bond donors (Lipinski definition) is 2. The van der Waals surface area contributed by atoms with Gasteiger partial charge in [-0.15, -0.1) is 13.2 Å². The predicted octanol–water partition coefficient (Wildman–Crippen LogP) is 8.17. The lowest BCUT2D eigenvalue weighted by molar-refractivity contribution is 0.280. The zero-order chi connectivity index (χ0) is 31.1. The van der Waals surface area contributed by atoms with Crippen LogP contribution in [0.2, 0.25) is 0 Å². The van der Waals surface area contributed by atoms with Gasteiger partial charge in [0.2, 0.25) is 10.0 Å². The molecule has 1 heterocycles. The lowest BCUT2D eigenvalue weighted by Gasteiger charge is -2.28. The summed E-state index contributed by atoms with van der Waals surface area (Å²) in [5, 5.41) is 3.66. The van der Waals surface area contributed by atoms with Gasteiger partial charge in [-0.3, -0.25) is 4.99 Å². The third-order valence-electron chi connectivity index (χ3n) is 7.69. The van der Waals surface area contributed by atoms with Gasteiger partial charge in [-0.2, -0.15) is 0 Å². The van der Waals surface area contributed by atoms with Crippen molar-refractivity contribution in [2.24, 2.45) is 16.8 Å². The number of fused-ring (bicyclic) bond motifs is 3. The summed E-state index contributed by atoms with van der Waals surface area (Å²) in [4.78, 5) is 4.03. The molecule has 0 spiro atoms. The number of halogens is 2. The molecule has 2 unspecified atom stereocenters. The number of nitrogens with zero attached hydrogens (tertiary/aromatic N) is 1. The second-order valence-electron chi connectivity index (χ2n) is 11.3. The van der Waals surface area contributed by atoms with E-state index in [0.29, 0.717) is 17.9 Å². The first-order valence-electron chi connectivity index (χ1n) is 15.5. The molecule has 234 valence electrons. The van der Waals surface area contributed by atoms with Crippen molar-refractivity contribution < 1.29 is 17.2 Å². The van der Waals surface area contributed by atoms with Crippen LogP contribution in [0.3, 0.4) is 0 Å². The standard InChI is InChI=1S/C26H31F2N3O2S.2C3H8.C2H4/c27-22-6-3-7-23(28)26(22)34(32,33)30-16-18-10-8-17(9-11-18)15-29-25-14-21-20-5-2-1-4-19(20)12-13-24(21)31-25;2*1-3-2;1-2/h1-7,17-18,21,24,30H,8-16H2,(H,29,31);2*3H2,1-2H3;1-2H2. The molecule has 1 aliphatic heterocycles. The number of rotatable bonds is 6. The second kappa shape index (κ2) is 18.2. The van der Waals surface area contributed by atoms with Crippen LogP contribution in [-0.4, -0.2) is 33.4 Å². The van der Waals surface area contributed by atoms with Gasteiger partial charge in [0.15, 0.2) is 4.90 Å². The fourth-order valence-electron chi connectivity index (χ4n) is 5.77. The van der Waals surface area contributed by atoms with E-state index in [9.17, 15) is 17.2 Å². The molecule has 2 fully saturated rings. The Morgan fingerprint density at radius 1 is 0.881 bits per heavy atom. The summed E-state index contributed by atoms with van der Waals surface area (Å²) in [5.74, 6) is 0.150. The molecule has 0 bridgehead atoms. The van der Waals surface area contributed by atoms with E-state index in [1.165, 1.54) is 24.0 Å². The summed E-state index contributed by atoms with van der Waals surface area (Å²) >= 11 is 0. The van der Waals surface area contributed by atoms with Crippen molar-refractivity contribution in [2.45, 2.75) is 102 Å². The molecular formula is C34H51F2N3O2S. The van der Waals surface area contributed by atoms with E-state index in [-0.39, 0.29) is 12.5 Å². The molecule has 1 saturated heterocycles. The Kier molecular flexibility index (Phi) is 15.4. The molecule has 42 heavy (non-hydrogen) atoms. The molecule has 2 aromatic rings. The third kappa shape index (κ3) is 10.0. The van der Waals surface area contributed by atoms with Gasteiger partial charge in [0, 0.05) is 31.5 Å². The van der Waals surface area contributed by atoms with E-state index in [0.717, 1.165) is 75.5 Å². The smallest absolute Gasteiger partial charge is 0.246 e. The van der Waals surface area contributed by atoms with Crippen LogP contribution < -0.4 is 10.0 Å². The molecule has 2 N–H and O–H groups in total. The van der Waals surface area contributed by atoms with Crippen LogP contribution in [0.1, 0.15) is 96.1 Å². The van der Waals surface area contributed by atoms with Crippen molar-refractivity contribution >= 4 is 15.9 Å². The number of hydrogen-bond acceptors (Lipinski definition) is 3. The van der Waals surface area contributed by atoms with Gasteiger partial charge in [0.05, 0.1) is 5.84 Å². The van der Waals surface area contributed by atoms with E-state index < -0.39 is 26.6 Å². The van der Waals surface area contributed by atoms with E-state index in [1.807, 2.05) is 0 Å². The maximum absolute atomic E-state index is 13.9. The van der Waals surface area contributed by atoms with E-state index in [2.05, 4.69) is 75.2 Å². The van der Waals surface area contributed by atoms with Gasteiger partial charge in [0.25, 0.3) is 0 Å². The molecule has 1 saturated carbocycles. The van der Waals surface area contributed by atoms with Gasteiger partial charge in [-0.05, 0) is 73.6 Å². The molecule has 2 atom stereocenters. The predicted molar refractivity (Wildman–Crippen MR) is 172 cm³/mol. The molecular weight excluding hydrogens is 552 g/mol. The van der Waals surface area contributed by atoms with Crippen LogP contribution >= 0.6 is 0 Å². The topological polar surface area (TPSA) is 70.6 Å². The largest absolute Gasteiger partial charge is 0.370 e. The maximum Gasteiger partial charge on any atom is 0.246 e. The summed E-state index contributed by atoms with van der Waals surface area (Å²) in [6, 6.07) is 12.3. The highest BCUT2D eigenvalue weighted by atomic mass is 32.2.